The number of aliphatic hydroxyl groups is 1. The van der Waals surface area contributed by atoms with Gasteiger partial charge in [-0.2, -0.15) is 0 Å². The highest BCUT2D eigenvalue weighted by atomic mass is 16.3. The fourth-order valence-electron chi connectivity index (χ4n) is 0.680. The number of rotatable bonds is 4. The molecule has 0 aliphatic rings. The van der Waals surface area contributed by atoms with E-state index < -0.39 is 0 Å². The Kier molecular flexibility index (Phi) is 5.07. The Balaban J connectivity index is 4.37. The van der Waals surface area contributed by atoms with Crippen LogP contribution in [0.2, 0.25) is 0 Å². The molecule has 3 heteroatoms. The molecule has 11 heavy (non-hydrogen) atoms. The third kappa shape index (κ3) is 3.55. The maximum Gasteiger partial charge on any atom is 0.145 e. The number of aliphatic hydroxyl groups excluding tert-OH is 1. The number of allylic oxidation sites excluding steroid dienone is 2. The molecule has 0 aromatic rings. The summed E-state index contributed by atoms with van der Waals surface area (Å²) in [5.74, 6) is -0.0237. The first-order valence-corrected chi connectivity index (χ1v) is 3.69. The van der Waals surface area contributed by atoms with E-state index in [0.717, 1.165) is 0 Å². The Morgan fingerprint density at radius 2 is 1.91 bits per heavy atom. The van der Waals surface area contributed by atoms with Crippen LogP contribution in [0.5, 0.6) is 0 Å². The highest BCUT2D eigenvalue weighted by molar-refractivity contribution is 5.22. The summed E-state index contributed by atoms with van der Waals surface area (Å²) in [5.41, 5.74) is 0.134. The molecule has 62 valence electrons. The van der Waals surface area contributed by atoms with E-state index in [0.29, 0.717) is 12.8 Å². The molecule has 1 N–H and O–H groups in total. The van der Waals surface area contributed by atoms with Gasteiger partial charge in [-0.15, -0.1) is 4.91 Å². The number of nitroso groups, excluding NO2 is 1. The molecule has 0 saturated carbocycles. The van der Waals surface area contributed by atoms with Crippen molar-refractivity contribution >= 4 is 0 Å². The normalized spacial score (nSPS) is 13.3. The summed E-state index contributed by atoms with van der Waals surface area (Å²) < 4.78 is 0. The van der Waals surface area contributed by atoms with Crippen LogP contribution >= 0.6 is 0 Å². The Bertz CT molecular complexity index is 183. The predicted molar refractivity (Wildman–Crippen MR) is 45.2 cm³/mol. The van der Waals surface area contributed by atoms with Gasteiger partial charge in [0.15, 0.2) is 0 Å². The van der Waals surface area contributed by atoms with Crippen LogP contribution < -0.4 is 0 Å². The van der Waals surface area contributed by atoms with Crippen molar-refractivity contribution in [1.29, 1.82) is 0 Å². The van der Waals surface area contributed by atoms with Crippen LogP contribution in [-0.4, -0.2) is 5.11 Å². The molecule has 0 bridgehead atoms. The topological polar surface area (TPSA) is 49.7 Å². The van der Waals surface area contributed by atoms with Gasteiger partial charge < -0.3 is 5.11 Å². The van der Waals surface area contributed by atoms with E-state index in [1.807, 2.05) is 13.8 Å². The fourth-order valence-corrected chi connectivity index (χ4v) is 0.680. The van der Waals surface area contributed by atoms with E-state index >= 15 is 0 Å². The van der Waals surface area contributed by atoms with E-state index in [4.69, 9.17) is 5.11 Å². The predicted octanol–water partition coefficient (Wildman–Crippen LogP) is 2.90. The molecule has 0 atom stereocenters. The SMILES string of the molecule is CC/C=C(O)\C(=C/CC)N=O. The average Bonchev–Trinajstić information content (AvgIpc) is 2.00. The van der Waals surface area contributed by atoms with Gasteiger partial charge in [0, 0.05) is 0 Å². The lowest BCUT2D eigenvalue weighted by Gasteiger charge is -1.94. The van der Waals surface area contributed by atoms with E-state index in [1.165, 1.54) is 0 Å². The minimum atomic E-state index is -0.0237. The molecule has 0 aliphatic carbocycles. The second-order valence-corrected chi connectivity index (χ2v) is 2.09. The first kappa shape index (κ1) is 9.88. The monoisotopic (exact) mass is 155 g/mol. The van der Waals surface area contributed by atoms with Gasteiger partial charge in [0.2, 0.25) is 0 Å². The average molecular weight is 155 g/mol. The Morgan fingerprint density at radius 1 is 1.36 bits per heavy atom. The molecule has 0 unspecified atom stereocenters. The third-order valence-electron chi connectivity index (χ3n) is 1.16. The zero-order chi connectivity index (χ0) is 8.69. The number of nitrogens with zero attached hydrogens (tertiary/aromatic N) is 1. The fraction of sp³-hybridized carbons (Fsp3) is 0.500. The lowest BCUT2D eigenvalue weighted by atomic mass is 10.2. The maximum atomic E-state index is 10.1. The molecule has 0 aliphatic heterocycles. The molecule has 0 fully saturated rings. The molecule has 0 rings (SSSR count). The molecule has 0 aromatic heterocycles. The summed E-state index contributed by atoms with van der Waals surface area (Å²) in [6.07, 6.45) is 4.54. The Morgan fingerprint density at radius 3 is 2.27 bits per heavy atom. The van der Waals surface area contributed by atoms with E-state index in [9.17, 15) is 4.91 Å². The van der Waals surface area contributed by atoms with Crippen LogP contribution in [0.15, 0.2) is 28.8 Å². The van der Waals surface area contributed by atoms with Crippen LogP contribution in [0.25, 0.3) is 0 Å². The highest BCUT2D eigenvalue weighted by Crippen LogP contribution is 2.09. The number of hydrogen-bond donors (Lipinski definition) is 1. The summed E-state index contributed by atoms with van der Waals surface area (Å²) in [7, 11) is 0. The van der Waals surface area contributed by atoms with Crippen molar-refractivity contribution in [2.75, 3.05) is 0 Å². The molecule has 0 heterocycles. The van der Waals surface area contributed by atoms with Crippen LogP contribution in [0.1, 0.15) is 26.7 Å². The number of hydrogen-bond acceptors (Lipinski definition) is 3. The summed E-state index contributed by atoms with van der Waals surface area (Å²) in [6.45, 7) is 3.76. The van der Waals surface area contributed by atoms with Crippen molar-refractivity contribution in [2.24, 2.45) is 5.18 Å². The van der Waals surface area contributed by atoms with Gasteiger partial charge in [-0.1, -0.05) is 19.9 Å². The van der Waals surface area contributed by atoms with E-state index in [1.54, 1.807) is 12.2 Å². The van der Waals surface area contributed by atoms with Crippen molar-refractivity contribution in [3.05, 3.63) is 28.5 Å². The van der Waals surface area contributed by atoms with Crippen LogP contribution in [0, 0.1) is 4.91 Å². The minimum Gasteiger partial charge on any atom is -0.506 e. The molecule has 0 spiro atoms. The van der Waals surface area contributed by atoms with Crippen molar-refractivity contribution < 1.29 is 5.11 Å². The first-order valence-electron chi connectivity index (χ1n) is 3.69. The van der Waals surface area contributed by atoms with Crippen molar-refractivity contribution in [3.63, 3.8) is 0 Å². The molecule has 3 nitrogen and oxygen atoms in total. The van der Waals surface area contributed by atoms with Crippen molar-refractivity contribution in [3.8, 4) is 0 Å². The van der Waals surface area contributed by atoms with E-state index in [-0.39, 0.29) is 11.5 Å². The largest absolute Gasteiger partial charge is 0.506 e. The summed E-state index contributed by atoms with van der Waals surface area (Å²) in [6, 6.07) is 0. The minimum absolute atomic E-state index is 0.0237. The van der Waals surface area contributed by atoms with Crippen LogP contribution in [0.3, 0.4) is 0 Å². The third-order valence-corrected chi connectivity index (χ3v) is 1.16. The Labute approximate surface area is 66.4 Å². The van der Waals surface area contributed by atoms with Crippen LogP contribution in [0.4, 0.5) is 0 Å². The van der Waals surface area contributed by atoms with Gasteiger partial charge in [-0.3, -0.25) is 0 Å². The van der Waals surface area contributed by atoms with Crippen molar-refractivity contribution in [1.82, 2.24) is 0 Å². The van der Waals surface area contributed by atoms with Gasteiger partial charge in [0.1, 0.15) is 11.5 Å². The molecule has 0 saturated heterocycles. The van der Waals surface area contributed by atoms with Gasteiger partial charge in [-0.25, -0.2) is 0 Å². The van der Waals surface area contributed by atoms with Gasteiger partial charge in [0.25, 0.3) is 0 Å². The summed E-state index contributed by atoms with van der Waals surface area (Å²) in [4.78, 5) is 10.1. The summed E-state index contributed by atoms with van der Waals surface area (Å²) >= 11 is 0. The zero-order valence-electron chi connectivity index (χ0n) is 6.87. The highest BCUT2D eigenvalue weighted by Gasteiger charge is 1.99. The second-order valence-electron chi connectivity index (χ2n) is 2.09. The zero-order valence-corrected chi connectivity index (χ0v) is 6.87. The molecular formula is C8H13NO2. The Hall–Kier alpha value is -1.12. The summed E-state index contributed by atoms with van der Waals surface area (Å²) in [5, 5.41) is 11.8. The van der Waals surface area contributed by atoms with E-state index in [2.05, 4.69) is 5.18 Å². The van der Waals surface area contributed by atoms with Gasteiger partial charge in [-0.05, 0) is 24.1 Å². The van der Waals surface area contributed by atoms with Crippen molar-refractivity contribution in [2.45, 2.75) is 26.7 Å². The lowest BCUT2D eigenvalue weighted by molar-refractivity contribution is 0.419. The maximum absolute atomic E-state index is 10.1. The molecule has 0 aromatic carbocycles. The quantitative estimate of drug-likeness (QED) is 0.385. The second kappa shape index (κ2) is 5.65. The van der Waals surface area contributed by atoms with Gasteiger partial charge >= 0.3 is 0 Å². The van der Waals surface area contributed by atoms with Crippen LogP contribution in [-0.2, 0) is 0 Å². The standard InChI is InChI=1S/C8H13NO2/c1-3-5-7(9-11)8(10)6-4-2/h5-6,10H,3-4H2,1-2H3/b7-5+,8-6+. The molecule has 0 radical (unpaired) electrons. The molecular weight excluding hydrogens is 142 g/mol. The lowest BCUT2D eigenvalue weighted by Crippen LogP contribution is -1.83. The smallest absolute Gasteiger partial charge is 0.145 e. The molecule has 0 amide bonds. The first-order chi connectivity index (χ1) is 5.26. The van der Waals surface area contributed by atoms with Gasteiger partial charge in [0.05, 0.1) is 0 Å².